The maximum atomic E-state index is 12.5. The molecule has 0 bridgehead atoms. The Labute approximate surface area is 184 Å². The molecule has 1 aromatic heterocycles. The third kappa shape index (κ3) is 4.18. The zero-order valence-corrected chi connectivity index (χ0v) is 18.4. The van der Waals surface area contributed by atoms with Crippen molar-refractivity contribution < 1.29 is 9.90 Å². The monoisotopic (exact) mass is 417 g/mol. The van der Waals surface area contributed by atoms with E-state index in [0.29, 0.717) is 5.56 Å². The first kappa shape index (κ1) is 21.0. The lowest BCUT2D eigenvalue weighted by Gasteiger charge is -2.18. The Morgan fingerprint density at radius 3 is 2.26 bits per heavy atom. The van der Waals surface area contributed by atoms with Crippen LogP contribution in [0.2, 0.25) is 0 Å². The normalized spacial score (nSPS) is 13.7. The van der Waals surface area contributed by atoms with Crippen LogP contribution in [-0.2, 0) is 19.4 Å². The van der Waals surface area contributed by atoms with Gasteiger partial charge in [0.1, 0.15) is 5.75 Å². The number of primary amides is 1. The maximum Gasteiger partial charge on any atom is 0.251 e. The number of benzene rings is 2. The van der Waals surface area contributed by atoms with Gasteiger partial charge in [-0.15, -0.1) is 0 Å². The fraction of sp³-hybridized carbons (Fsp3) is 0.346. The Balaban J connectivity index is 1.70. The van der Waals surface area contributed by atoms with Crippen molar-refractivity contribution in [1.29, 1.82) is 0 Å². The molecular formula is C26H31N3O2. The van der Waals surface area contributed by atoms with Gasteiger partial charge in [-0.25, -0.2) is 0 Å². The molecule has 31 heavy (non-hydrogen) atoms. The highest BCUT2D eigenvalue weighted by atomic mass is 16.3. The van der Waals surface area contributed by atoms with Crippen molar-refractivity contribution in [2.24, 2.45) is 5.73 Å². The molecule has 1 fully saturated rings. The van der Waals surface area contributed by atoms with Gasteiger partial charge in [-0.1, -0.05) is 31.2 Å². The summed E-state index contributed by atoms with van der Waals surface area (Å²) in [6.45, 7) is 7.08. The van der Waals surface area contributed by atoms with E-state index in [1.165, 1.54) is 18.5 Å². The first-order chi connectivity index (χ1) is 15.0. The van der Waals surface area contributed by atoms with Crippen molar-refractivity contribution in [2.75, 3.05) is 18.0 Å². The van der Waals surface area contributed by atoms with Gasteiger partial charge in [0.15, 0.2) is 0 Å². The summed E-state index contributed by atoms with van der Waals surface area (Å²) >= 11 is 0. The van der Waals surface area contributed by atoms with Gasteiger partial charge in [-0.2, -0.15) is 0 Å². The van der Waals surface area contributed by atoms with Crippen LogP contribution in [-0.4, -0.2) is 28.7 Å². The van der Waals surface area contributed by atoms with E-state index in [1.54, 1.807) is 12.1 Å². The van der Waals surface area contributed by atoms with Crippen LogP contribution in [0.1, 0.15) is 47.1 Å². The van der Waals surface area contributed by atoms with Crippen molar-refractivity contribution in [3.05, 3.63) is 71.0 Å². The number of carbonyl (C=O) groups excluding carboxylic acids is 1. The van der Waals surface area contributed by atoms with E-state index in [-0.39, 0.29) is 11.7 Å². The number of anilines is 1. The second-order valence-corrected chi connectivity index (χ2v) is 8.31. The molecule has 2 heterocycles. The van der Waals surface area contributed by atoms with E-state index >= 15 is 0 Å². The average molecular weight is 418 g/mol. The summed E-state index contributed by atoms with van der Waals surface area (Å²) in [5.74, 6) is -0.111. The minimum atomic E-state index is -0.380. The zero-order chi connectivity index (χ0) is 22.0. The Hall–Kier alpha value is -3.21. The van der Waals surface area contributed by atoms with E-state index in [4.69, 9.17) is 5.73 Å². The molecule has 0 unspecified atom stereocenters. The molecule has 1 amide bonds. The molecule has 0 aliphatic carbocycles. The van der Waals surface area contributed by atoms with Crippen LogP contribution in [0.5, 0.6) is 5.75 Å². The molecule has 0 atom stereocenters. The lowest BCUT2D eigenvalue weighted by Crippen LogP contribution is -2.17. The van der Waals surface area contributed by atoms with Gasteiger partial charge in [-0.05, 0) is 68.0 Å². The smallest absolute Gasteiger partial charge is 0.251 e. The van der Waals surface area contributed by atoms with Crippen molar-refractivity contribution in [3.63, 3.8) is 0 Å². The molecule has 1 aliphatic rings. The number of amides is 1. The van der Waals surface area contributed by atoms with E-state index in [2.05, 4.69) is 40.7 Å². The third-order valence-corrected chi connectivity index (χ3v) is 6.40. The highest BCUT2D eigenvalue weighted by Crippen LogP contribution is 2.35. The molecule has 3 aromatic rings. The number of hydrogen-bond donors (Lipinski definition) is 2. The number of nitrogens with zero attached hydrogens (tertiary/aromatic N) is 2. The lowest BCUT2D eigenvalue weighted by molar-refractivity contribution is 0.1000. The number of carbonyl (C=O) groups is 1. The Morgan fingerprint density at radius 2 is 1.68 bits per heavy atom. The lowest BCUT2D eigenvalue weighted by atomic mass is 9.98. The number of rotatable bonds is 7. The average Bonchev–Trinajstić information content (AvgIpc) is 3.40. The molecular weight excluding hydrogens is 386 g/mol. The quantitative estimate of drug-likeness (QED) is 0.587. The zero-order valence-electron chi connectivity index (χ0n) is 18.4. The van der Waals surface area contributed by atoms with Gasteiger partial charge >= 0.3 is 0 Å². The summed E-state index contributed by atoms with van der Waals surface area (Å²) in [6, 6.07) is 15.9. The van der Waals surface area contributed by atoms with Gasteiger partial charge in [0.25, 0.3) is 5.91 Å². The second-order valence-electron chi connectivity index (χ2n) is 8.31. The van der Waals surface area contributed by atoms with Crippen LogP contribution >= 0.6 is 0 Å². The van der Waals surface area contributed by atoms with Crippen LogP contribution in [0.4, 0.5) is 5.69 Å². The Morgan fingerprint density at radius 1 is 1.03 bits per heavy atom. The molecule has 2 aromatic carbocycles. The fourth-order valence-corrected chi connectivity index (χ4v) is 4.80. The van der Waals surface area contributed by atoms with Crippen molar-refractivity contribution in [1.82, 2.24) is 4.57 Å². The predicted molar refractivity (Wildman–Crippen MR) is 126 cm³/mol. The van der Waals surface area contributed by atoms with Crippen LogP contribution < -0.4 is 10.6 Å². The summed E-state index contributed by atoms with van der Waals surface area (Å²) in [5, 5.41) is 9.52. The van der Waals surface area contributed by atoms with Crippen LogP contribution in [0.25, 0.3) is 11.1 Å². The SMILES string of the molecule is CCc1c(-c2ccc(N3CCCC3)cc2)c(C(N)=O)c(C)n1CCc1ccc(O)cc1. The molecule has 0 radical (unpaired) electrons. The third-order valence-electron chi connectivity index (χ3n) is 6.40. The molecule has 1 aliphatic heterocycles. The number of nitrogens with two attached hydrogens (primary N) is 1. The number of phenols is 1. The van der Waals surface area contributed by atoms with Gasteiger partial charge in [0.05, 0.1) is 5.56 Å². The van der Waals surface area contributed by atoms with Crippen LogP contribution in [0.3, 0.4) is 0 Å². The standard InChI is InChI=1S/C26H31N3O2/c1-3-23-25(20-8-10-21(11-9-20)28-15-4-5-16-28)24(26(27)31)18(2)29(23)17-14-19-6-12-22(30)13-7-19/h6-13,30H,3-5,14-17H2,1-2H3,(H2,27,31). The topological polar surface area (TPSA) is 71.5 Å². The minimum Gasteiger partial charge on any atom is -0.508 e. The van der Waals surface area contributed by atoms with Crippen molar-refractivity contribution in [3.8, 4) is 16.9 Å². The molecule has 0 spiro atoms. The highest BCUT2D eigenvalue weighted by molar-refractivity contribution is 6.02. The fourth-order valence-electron chi connectivity index (χ4n) is 4.80. The number of aromatic hydroxyl groups is 1. The Kier molecular flexibility index (Phi) is 6.03. The molecule has 4 rings (SSSR count). The molecule has 5 heteroatoms. The van der Waals surface area contributed by atoms with Gasteiger partial charge < -0.3 is 20.3 Å². The number of aryl methyl sites for hydroxylation is 1. The van der Waals surface area contributed by atoms with E-state index in [9.17, 15) is 9.90 Å². The minimum absolute atomic E-state index is 0.269. The molecule has 5 nitrogen and oxygen atoms in total. The van der Waals surface area contributed by atoms with Gasteiger partial charge in [0.2, 0.25) is 0 Å². The van der Waals surface area contributed by atoms with Crippen molar-refractivity contribution in [2.45, 2.75) is 46.1 Å². The summed E-state index contributed by atoms with van der Waals surface area (Å²) in [7, 11) is 0. The summed E-state index contributed by atoms with van der Waals surface area (Å²) < 4.78 is 2.23. The second kappa shape index (κ2) is 8.88. The van der Waals surface area contributed by atoms with Gasteiger partial charge in [-0.3, -0.25) is 4.79 Å². The van der Waals surface area contributed by atoms with E-state index in [0.717, 1.165) is 60.6 Å². The van der Waals surface area contributed by atoms with Gasteiger partial charge in [0, 0.05) is 42.3 Å². The molecule has 1 saturated heterocycles. The summed E-state index contributed by atoms with van der Waals surface area (Å²) in [4.78, 5) is 14.9. The van der Waals surface area contributed by atoms with E-state index in [1.807, 2.05) is 19.1 Å². The molecule has 3 N–H and O–H groups in total. The summed E-state index contributed by atoms with van der Waals surface area (Å²) in [5.41, 5.74) is 12.9. The molecule has 0 saturated carbocycles. The number of hydrogen-bond acceptors (Lipinski definition) is 3. The van der Waals surface area contributed by atoms with E-state index < -0.39 is 0 Å². The first-order valence-electron chi connectivity index (χ1n) is 11.1. The number of phenolic OH excluding ortho intramolecular Hbond substituents is 1. The first-order valence-corrected chi connectivity index (χ1v) is 11.1. The predicted octanol–water partition coefficient (Wildman–Crippen LogP) is 4.67. The van der Waals surface area contributed by atoms with Crippen LogP contribution in [0.15, 0.2) is 48.5 Å². The number of aromatic nitrogens is 1. The molecule has 162 valence electrons. The maximum absolute atomic E-state index is 12.5. The van der Waals surface area contributed by atoms with Crippen LogP contribution in [0, 0.1) is 6.92 Å². The largest absolute Gasteiger partial charge is 0.508 e. The summed E-state index contributed by atoms with van der Waals surface area (Å²) in [6.07, 6.45) is 4.12. The van der Waals surface area contributed by atoms with Crippen molar-refractivity contribution >= 4 is 11.6 Å². The highest BCUT2D eigenvalue weighted by Gasteiger charge is 2.24. The Bertz CT molecular complexity index is 1060.